The maximum atomic E-state index is 10.8. The van der Waals surface area contributed by atoms with Gasteiger partial charge >= 0.3 is 5.97 Å². The highest BCUT2D eigenvalue weighted by molar-refractivity contribution is 5.86. The summed E-state index contributed by atoms with van der Waals surface area (Å²) in [6.45, 7) is 8.99. The van der Waals surface area contributed by atoms with Gasteiger partial charge in [0, 0.05) is 5.57 Å². The summed E-state index contributed by atoms with van der Waals surface area (Å²) in [5.41, 5.74) is 0.391. The lowest BCUT2D eigenvalue weighted by Crippen LogP contribution is -2.13. The fraction of sp³-hybridized carbons (Fsp3) is 0.769. The van der Waals surface area contributed by atoms with Gasteiger partial charge in [-0.05, 0) is 20.3 Å². The lowest BCUT2D eigenvalue weighted by Gasteiger charge is -2.10. The van der Waals surface area contributed by atoms with E-state index in [4.69, 9.17) is 9.47 Å². The Bertz CT molecular complexity index is 165. The molecule has 0 aliphatic heterocycles. The molecule has 16 heavy (non-hydrogen) atoms. The molecule has 1 unspecified atom stereocenters. The summed E-state index contributed by atoms with van der Waals surface area (Å²) in [7, 11) is 0. The molecule has 1 atom stereocenters. The monoisotopic (exact) mass is 236 g/mol. The van der Waals surface area contributed by atoms with Crippen molar-refractivity contribution in [3.63, 3.8) is 0 Å². The molecule has 0 heterocycles. The van der Waals surface area contributed by atoms with Gasteiger partial charge in [0.25, 0.3) is 0 Å². The fourth-order valence-electron chi connectivity index (χ4n) is 0.445. The molecule has 3 heteroatoms. The van der Waals surface area contributed by atoms with Crippen molar-refractivity contribution in [2.45, 2.75) is 63.0 Å². The molecule has 0 saturated carbocycles. The molecule has 0 aromatic heterocycles. The highest BCUT2D eigenvalue weighted by Gasteiger charge is 2.03. The molecule has 0 saturated heterocycles. The fourth-order valence-corrected chi connectivity index (χ4v) is 0.445. The van der Waals surface area contributed by atoms with Gasteiger partial charge in [-0.3, -0.25) is 0 Å². The second-order valence-corrected chi connectivity index (χ2v) is 2.72. The van der Waals surface area contributed by atoms with E-state index in [1.165, 1.54) is 0 Å². The summed E-state index contributed by atoms with van der Waals surface area (Å²) in [6.07, 6.45) is 1.04. The Balaban J connectivity index is -0.000000101. The first-order valence-corrected chi connectivity index (χ1v) is 4.02. The lowest BCUT2D eigenvalue weighted by atomic mass is 10.3. The first-order chi connectivity index (χ1) is 5.57. The van der Waals surface area contributed by atoms with Crippen LogP contribution in [-0.2, 0) is 14.3 Å². The van der Waals surface area contributed by atoms with Crippen LogP contribution < -0.4 is 0 Å². The first-order valence-electron chi connectivity index (χ1n) is 4.02. The van der Waals surface area contributed by atoms with E-state index in [2.05, 4.69) is 6.58 Å². The van der Waals surface area contributed by atoms with Crippen LogP contribution >= 0.6 is 0 Å². The second kappa shape index (κ2) is 16.6. The van der Waals surface area contributed by atoms with Crippen LogP contribution in [0.1, 0.15) is 56.9 Å². The molecular formula is C13H32O3. The predicted octanol–water partition coefficient (Wildman–Crippen LogP) is 4.42. The minimum Gasteiger partial charge on any atom is -0.435 e. The van der Waals surface area contributed by atoms with Crippen molar-refractivity contribution in [3.05, 3.63) is 12.2 Å². The van der Waals surface area contributed by atoms with Crippen molar-refractivity contribution in [2.75, 3.05) is 6.79 Å². The standard InChI is InChI=1S/C9H16O3.4CH4/c1-5-8(4)11-6-12-9(10)7(2)3;;;;/h8H,2,5-6H2,1,3-4H3;4*1H4. The van der Waals surface area contributed by atoms with Crippen molar-refractivity contribution in [1.82, 2.24) is 0 Å². The number of hydrogen-bond acceptors (Lipinski definition) is 3. The van der Waals surface area contributed by atoms with Gasteiger partial charge in [-0.25, -0.2) is 4.79 Å². The van der Waals surface area contributed by atoms with Crippen LogP contribution in [0, 0.1) is 0 Å². The van der Waals surface area contributed by atoms with E-state index in [1.807, 2.05) is 13.8 Å². The van der Waals surface area contributed by atoms with Gasteiger partial charge in [0.05, 0.1) is 6.10 Å². The Morgan fingerprint density at radius 2 is 1.69 bits per heavy atom. The Labute approximate surface area is 103 Å². The third-order valence-electron chi connectivity index (χ3n) is 1.47. The van der Waals surface area contributed by atoms with Gasteiger partial charge in [0.1, 0.15) is 0 Å². The molecule has 0 spiro atoms. The van der Waals surface area contributed by atoms with E-state index < -0.39 is 5.97 Å². The quantitative estimate of drug-likeness (QED) is 0.402. The van der Waals surface area contributed by atoms with Crippen molar-refractivity contribution >= 4 is 5.97 Å². The van der Waals surface area contributed by atoms with Gasteiger partial charge in [0.2, 0.25) is 0 Å². The second-order valence-electron chi connectivity index (χ2n) is 2.72. The van der Waals surface area contributed by atoms with Crippen molar-refractivity contribution in [1.29, 1.82) is 0 Å². The van der Waals surface area contributed by atoms with Crippen LogP contribution in [-0.4, -0.2) is 18.9 Å². The molecule has 0 amide bonds. The molecule has 0 rings (SSSR count). The largest absolute Gasteiger partial charge is 0.435 e. The predicted molar refractivity (Wildman–Crippen MR) is 73.5 cm³/mol. The minimum atomic E-state index is -0.404. The molecule has 0 fully saturated rings. The third kappa shape index (κ3) is 15.6. The molecule has 3 nitrogen and oxygen atoms in total. The highest BCUT2D eigenvalue weighted by Crippen LogP contribution is 1.97. The molecule has 0 bridgehead atoms. The average molecular weight is 236 g/mol. The summed E-state index contributed by atoms with van der Waals surface area (Å²) in [6, 6.07) is 0. The van der Waals surface area contributed by atoms with Crippen LogP contribution in [0.4, 0.5) is 0 Å². The molecule has 0 N–H and O–H groups in total. The lowest BCUT2D eigenvalue weighted by molar-refractivity contribution is -0.155. The van der Waals surface area contributed by atoms with Gasteiger partial charge in [-0.15, -0.1) is 0 Å². The summed E-state index contributed by atoms with van der Waals surface area (Å²) < 4.78 is 9.84. The normalized spacial score (nSPS) is 9.19. The van der Waals surface area contributed by atoms with Gasteiger partial charge < -0.3 is 9.47 Å². The van der Waals surface area contributed by atoms with Crippen LogP contribution in [0.15, 0.2) is 12.2 Å². The number of carbonyl (C=O) groups excluding carboxylic acids is 1. The van der Waals surface area contributed by atoms with E-state index in [0.717, 1.165) is 6.42 Å². The minimum absolute atomic E-state index is 0. The molecule has 0 aliphatic rings. The third-order valence-corrected chi connectivity index (χ3v) is 1.47. The van der Waals surface area contributed by atoms with Crippen LogP contribution in [0.2, 0.25) is 0 Å². The number of rotatable bonds is 5. The summed E-state index contributed by atoms with van der Waals surface area (Å²) in [5, 5.41) is 0. The zero-order chi connectivity index (χ0) is 9.56. The van der Waals surface area contributed by atoms with Crippen molar-refractivity contribution < 1.29 is 14.3 Å². The zero-order valence-corrected chi connectivity index (χ0v) is 7.92. The number of hydrogen-bond donors (Lipinski definition) is 0. The highest BCUT2D eigenvalue weighted by atomic mass is 16.7. The summed E-state index contributed by atoms with van der Waals surface area (Å²) >= 11 is 0. The van der Waals surface area contributed by atoms with Gasteiger partial charge in [-0.2, -0.15) is 0 Å². The maximum Gasteiger partial charge on any atom is 0.335 e. The van der Waals surface area contributed by atoms with Gasteiger partial charge in [-0.1, -0.05) is 43.2 Å². The van der Waals surface area contributed by atoms with E-state index in [0.29, 0.717) is 5.57 Å². The number of carbonyl (C=O) groups is 1. The Hall–Kier alpha value is -0.830. The number of ether oxygens (including phenoxy) is 2. The topological polar surface area (TPSA) is 35.5 Å². The zero-order valence-electron chi connectivity index (χ0n) is 7.92. The SMILES string of the molecule is C.C.C.C.C=C(C)C(=O)OCOC(C)CC. The molecule has 0 aromatic rings. The van der Waals surface area contributed by atoms with E-state index >= 15 is 0 Å². The van der Waals surface area contributed by atoms with Crippen molar-refractivity contribution in [2.24, 2.45) is 0 Å². The van der Waals surface area contributed by atoms with E-state index in [1.54, 1.807) is 6.92 Å². The molecule has 0 aromatic carbocycles. The van der Waals surface area contributed by atoms with Crippen LogP contribution in [0.5, 0.6) is 0 Å². The smallest absolute Gasteiger partial charge is 0.335 e. The molecule has 0 radical (unpaired) electrons. The Morgan fingerprint density at radius 3 is 2.00 bits per heavy atom. The average Bonchev–Trinajstić information content (AvgIpc) is 2.03. The van der Waals surface area contributed by atoms with E-state index in [-0.39, 0.29) is 42.6 Å². The molecule has 0 aliphatic carbocycles. The summed E-state index contributed by atoms with van der Waals surface area (Å²) in [5.74, 6) is -0.404. The van der Waals surface area contributed by atoms with Gasteiger partial charge in [0.15, 0.2) is 6.79 Å². The van der Waals surface area contributed by atoms with Crippen molar-refractivity contribution in [3.8, 4) is 0 Å². The maximum absolute atomic E-state index is 10.8. The molecular weight excluding hydrogens is 204 g/mol. The van der Waals surface area contributed by atoms with E-state index in [9.17, 15) is 4.79 Å². The first kappa shape index (κ1) is 29.4. The number of esters is 1. The Morgan fingerprint density at radius 1 is 1.25 bits per heavy atom. The van der Waals surface area contributed by atoms with Crippen LogP contribution in [0.25, 0.3) is 0 Å². The molecule has 102 valence electrons. The Kier molecular flexibility index (Phi) is 30.5. The van der Waals surface area contributed by atoms with Crippen LogP contribution in [0.3, 0.4) is 0 Å². The summed E-state index contributed by atoms with van der Waals surface area (Å²) in [4.78, 5) is 10.8.